The first-order valence-corrected chi connectivity index (χ1v) is 10.0. The van der Waals surface area contributed by atoms with Crippen molar-refractivity contribution in [3.63, 3.8) is 0 Å². The number of nitrogens with one attached hydrogen (secondary N) is 2. The third-order valence-corrected chi connectivity index (χ3v) is 5.01. The molecule has 0 saturated heterocycles. The van der Waals surface area contributed by atoms with Gasteiger partial charge in [-0.3, -0.25) is 4.79 Å². The van der Waals surface area contributed by atoms with Crippen molar-refractivity contribution >= 4 is 32.7 Å². The van der Waals surface area contributed by atoms with Gasteiger partial charge >= 0.3 is 0 Å². The lowest BCUT2D eigenvalue weighted by Crippen LogP contribution is -2.15. The number of sulfone groups is 1. The van der Waals surface area contributed by atoms with E-state index in [1.165, 1.54) is 12.2 Å². The molecule has 1 heterocycles. The molecule has 2 aromatic rings. The molecule has 1 atom stereocenters. The van der Waals surface area contributed by atoms with Crippen molar-refractivity contribution in [2.45, 2.75) is 24.7 Å². The minimum absolute atomic E-state index is 0.0252. The number of carbonyl (C=O) groups excluding carboxylic acids is 1. The zero-order valence-electron chi connectivity index (χ0n) is 14.8. The van der Waals surface area contributed by atoms with Crippen LogP contribution in [0.15, 0.2) is 41.6 Å². The van der Waals surface area contributed by atoms with E-state index in [0.29, 0.717) is 16.9 Å². The summed E-state index contributed by atoms with van der Waals surface area (Å²) in [5.41, 5.74) is 8.29. The molecular weight excluding hydrogens is 371 g/mol. The highest BCUT2D eigenvalue weighted by atomic mass is 32.2. The second kappa shape index (κ2) is 6.99. The third-order valence-electron chi connectivity index (χ3n) is 4.12. The Morgan fingerprint density at radius 2 is 2.15 bits per heavy atom. The Balaban J connectivity index is 2.00. The average molecular weight is 390 g/mol. The number of hydrogen-bond donors (Lipinski definition) is 3. The topological polar surface area (TPSA) is 118 Å². The fourth-order valence-corrected chi connectivity index (χ4v) is 3.13. The van der Waals surface area contributed by atoms with Gasteiger partial charge in [-0.05, 0) is 36.3 Å². The van der Waals surface area contributed by atoms with E-state index in [-0.39, 0.29) is 23.0 Å². The first-order valence-electron chi connectivity index (χ1n) is 8.15. The van der Waals surface area contributed by atoms with Gasteiger partial charge in [0.05, 0.1) is 0 Å². The van der Waals surface area contributed by atoms with Crippen LogP contribution < -0.4 is 11.1 Å². The number of nitrogens with two attached hydrogens (primary N) is 1. The van der Waals surface area contributed by atoms with Crippen molar-refractivity contribution in [2.24, 2.45) is 0 Å². The van der Waals surface area contributed by atoms with Crippen LogP contribution in [0.5, 0.6) is 0 Å². The predicted octanol–water partition coefficient (Wildman–Crippen LogP) is 2.64. The van der Waals surface area contributed by atoms with E-state index in [1.807, 2.05) is 6.92 Å². The van der Waals surface area contributed by atoms with Crippen LogP contribution in [-0.2, 0) is 9.84 Å². The standard InChI is InChI=1S/C18H19FN4O3S/c1-10-3-8-13(9-14(10)20)21-17(24)16-15(11-4-6-12(19)7-5-11)22-18(23-16)27(2,25)26/h3-6,8-9,12H,7,20H2,1-2H3,(H,21,24)(H,22,23). The lowest BCUT2D eigenvalue weighted by molar-refractivity contribution is 0.102. The van der Waals surface area contributed by atoms with Gasteiger partial charge in [0, 0.05) is 24.1 Å². The van der Waals surface area contributed by atoms with Crippen molar-refractivity contribution < 1.29 is 17.6 Å². The number of halogens is 1. The number of allylic oxidation sites excluding steroid dienone is 4. The van der Waals surface area contributed by atoms with Gasteiger partial charge in [-0.1, -0.05) is 18.2 Å². The molecule has 0 bridgehead atoms. The lowest BCUT2D eigenvalue weighted by atomic mass is 10.0. The summed E-state index contributed by atoms with van der Waals surface area (Å²) in [5.74, 6) is -0.577. The van der Waals surface area contributed by atoms with Crippen molar-refractivity contribution in [1.82, 2.24) is 9.97 Å². The minimum atomic E-state index is -3.66. The number of alkyl halides is 1. The quantitative estimate of drug-likeness (QED) is 0.694. The van der Waals surface area contributed by atoms with Gasteiger partial charge in [0.1, 0.15) is 17.6 Å². The highest BCUT2D eigenvalue weighted by Gasteiger charge is 2.24. The van der Waals surface area contributed by atoms with Crippen LogP contribution in [0.2, 0.25) is 0 Å². The number of H-pyrrole nitrogens is 1. The van der Waals surface area contributed by atoms with Crippen LogP contribution in [0.1, 0.15) is 28.2 Å². The van der Waals surface area contributed by atoms with Crippen LogP contribution in [0.25, 0.3) is 5.57 Å². The Bertz CT molecular complexity index is 1070. The molecule has 0 aliphatic heterocycles. The summed E-state index contributed by atoms with van der Waals surface area (Å²) in [7, 11) is -3.66. The zero-order chi connectivity index (χ0) is 19.8. The summed E-state index contributed by atoms with van der Waals surface area (Å²) >= 11 is 0. The summed E-state index contributed by atoms with van der Waals surface area (Å²) in [6.45, 7) is 1.84. The maximum atomic E-state index is 13.3. The van der Waals surface area contributed by atoms with Gasteiger partial charge in [-0.2, -0.15) is 0 Å². The molecule has 0 radical (unpaired) electrons. The molecule has 1 aromatic carbocycles. The van der Waals surface area contributed by atoms with E-state index in [2.05, 4.69) is 15.3 Å². The van der Waals surface area contributed by atoms with Gasteiger partial charge < -0.3 is 16.0 Å². The molecule has 1 aliphatic carbocycles. The highest BCUT2D eigenvalue weighted by Crippen LogP contribution is 2.26. The number of hydrogen-bond acceptors (Lipinski definition) is 5. The van der Waals surface area contributed by atoms with Crippen LogP contribution in [-0.4, -0.2) is 36.7 Å². The molecule has 1 amide bonds. The molecule has 0 spiro atoms. The number of nitrogen functional groups attached to an aromatic ring is 1. The highest BCUT2D eigenvalue weighted by molar-refractivity contribution is 7.90. The number of nitrogens with zero attached hydrogens (tertiary/aromatic N) is 1. The molecule has 27 heavy (non-hydrogen) atoms. The molecule has 9 heteroatoms. The Kier molecular flexibility index (Phi) is 4.88. The third kappa shape index (κ3) is 4.08. The molecule has 1 aromatic heterocycles. The van der Waals surface area contributed by atoms with Crippen molar-refractivity contribution in [1.29, 1.82) is 0 Å². The number of amides is 1. The molecular formula is C18H19FN4O3S. The summed E-state index contributed by atoms with van der Waals surface area (Å²) in [5, 5.41) is 2.34. The van der Waals surface area contributed by atoms with Crippen molar-refractivity contribution in [3.8, 4) is 0 Å². The van der Waals surface area contributed by atoms with E-state index in [9.17, 15) is 17.6 Å². The molecule has 1 unspecified atom stereocenters. The largest absolute Gasteiger partial charge is 0.398 e. The second-order valence-electron chi connectivity index (χ2n) is 6.33. The van der Waals surface area contributed by atoms with Gasteiger partial charge in [-0.25, -0.2) is 17.8 Å². The van der Waals surface area contributed by atoms with Gasteiger partial charge in [0.15, 0.2) is 0 Å². The van der Waals surface area contributed by atoms with E-state index in [1.54, 1.807) is 24.3 Å². The van der Waals surface area contributed by atoms with Crippen molar-refractivity contribution in [2.75, 3.05) is 17.3 Å². The Labute approximate surface area is 156 Å². The molecule has 7 nitrogen and oxygen atoms in total. The molecule has 142 valence electrons. The van der Waals surface area contributed by atoms with Crippen LogP contribution in [0, 0.1) is 6.92 Å². The number of aromatic amines is 1. The molecule has 4 N–H and O–H groups in total. The summed E-state index contributed by atoms with van der Waals surface area (Å²) < 4.78 is 37.1. The number of rotatable bonds is 4. The molecule has 3 rings (SSSR count). The van der Waals surface area contributed by atoms with Crippen LogP contribution in [0.4, 0.5) is 15.8 Å². The van der Waals surface area contributed by atoms with Gasteiger partial charge in [0.2, 0.25) is 15.0 Å². The number of aryl methyl sites for hydroxylation is 1. The molecule has 0 saturated carbocycles. The number of carbonyl (C=O) groups is 1. The van der Waals surface area contributed by atoms with Gasteiger partial charge in [0.25, 0.3) is 5.91 Å². The van der Waals surface area contributed by atoms with E-state index < -0.39 is 21.9 Å². The lowest BCUT2D eigenvalue weighted by Gasteiger charge is -2.10. The number of benzene rings is 1. The maximum absolute atomic E-state index is 13.3. The number of aromatic nitrogens is 2. The smallest absolute Gasteiger partial charge is 0.274 e. The SMILES string of the molecule is Cc1ccc(NC(=O)c2[nH]c(S(C)(=O)=O)nc2C2=CCC(F)C=C2)cc1N. The minimum Gasteiger partial charge on any atom is -0.398 e. The van der Waals surface area contributed by atoms with Crippen LogP contribution in [0.3, 0.4) is 0 Å². The van der Waals surface area contributed by atoms with Gasteiger partial charge in [-0.15, -0.1) is 0 Å². The average Bonchev–Trinajstić information content (AvgIpc) is 3.05. The Hall–Kier alpha value is -2.94. The molecule has 1 aliphatic rings. The second-order valence-corrected chi connectivity index (χ2v) is 8.26. The fraction of sp³-hybridized carbons (Fsp3) is 0.222. The normalized spacial score (nSPS) is 16.9. The van der Waals surface area contributed by atoms with Crippen LogP contribution >= 0.6 is 0 Å². The van der Waals surface area contributed by atoms with E-state index in [4.69, 9.17) is 5.73 Å². The zero-order valence-corrected chi connectivity index (χ0v) is 15.6. The monoisotopic (exact) mass is 390 g/mol. The predicted molar refractivity (Wildman–Crippen MR) is 102 cm³/mol. The summed E-state index contributed by atoms with van der Waals surface area (Å²) in [6, 6.07) is 5.05. The fourth-order valence-electron chi connectivity index (χ4n) is 2.58. The first kappa shape index (κ1) is 18.8. The Morgan fingerprint density at radius 1 is 1.41 bits per heavy atom. The first-order chi connectivity index (χ1) is 12.6. The Morgan fingerprint density at radius 3 is 2.74 bits per heavy atom. The molecule has 0 fully saturated rings. The van der Waals surface area contributed by atoms with Crippen molar-refractivity contribution in [3.05, 3.63) is 53.4 Å². The maximum Gasteiger partial charge on any atom is 0.274 e. The number of anilines is 2. The summed E-state index contributed by atoms with van der Waals surface area (Å²) in [4.78, 5) is 19.4. The summed E-state index contributed by atoms with van der Waals surface area (Å²) in [6.07, 6.45) is 4.40. The van der Waals surface area contributed by atoms with E-state index in [0.717, 1.165) is 11.8 Å². The van der Waals surface area contributed by atoms with E-state index >= 15 is 0 Å². The number of imidazole rings is 1.